The van der Waals surface area contributed by atoms with Crippen LogP contribution in [0.3, 0.4) is 0 Å². The van der Waals surface area contributed by atoms with E-state index in [2.05, 4.69) is 4.74 Å². The van der Waals surface area contributed by atoms with E-state index in [1.54, 1.807) is 13.8 Å². The molecular formula is C10H17F3N2O2. The summed E-state index contributed by atoms with van der Waals surface area (Å²) in [5.74, 6) is -0.233. The molecule has 1 amide bonds. The van der Waals surface area contributed by atoms with E-state index in [9.17, 15) is 18.0 Å². The lowest BCUT2D eigenvalue weighted by Gasteiger charge is -2.38. The number of hydrogen-bond donors (Lipinski definition) is 1. The van der Waals surface area contributed by atoms with Gasteiger partial charge in [0.05, 0.1) is 12.1 Å². The molecular weight excluding hydrogens is 237 g/mol. The second-order valence-corrected chi connectivity index (χ2v) is 4.38. The van der Waals surface area contributed by atoms with Crippen LogP contribution in [0.4, 0.5) is 13.2 Å². The number of carbonyl (C=O) groups is 1. The second-order valence-electron chi connectivity index (χ2n) is 4.38. The van der Waals surface area contributed by atoms with Gasteiger partial charge in [-0.15, -0.1) is 13.2 Å². The van der Waals surface area contributed by atoms with Crippen molar-refractivity contribution in [1.82, 2.24) is 4.90 Å². The topological polar surface area (TPSA) is 55.6 Å². The van der Waals surface area contributed by atoms with Crippen LogP contribution >= 0.6 is 0 Å². The SMILES string of the molecule is C[C@@H](N)C(=O)N1CC[C@@H](OC(F)(F)F)C[C@@H]1C. The van der Waals surface area contributed by atoms with Crippen molar-refractivity contribution >= 4 is 5.91 Å². The van der Waals surface area contributed by atoms with Gasteiger partial charge in [-0.3, -0.25) is 9.53 Å². The summed E-state index contributed by atoms with van der Waals surface area (Å²) in [6.45, 7) is 3.52. The summed E-state index contributed by atoms with van der Waals surface area (Å²) in [6, 6.07) is -0.910. The molecule has 1 fully saturated rings. The number of rotatable bonds is 2. The van der Waals surface area contributed by atoms with E-state index in [1.165, 1.54) is 4.90 Å². The van der Waals surface area contributed by atoms with Crippen LogP contribution in [-0.2, 0) is 9.53 Å². The van der Waals surface area contributed by atoms with Crippen molar-refractivity contribution in [1.29, 1.82) is 0 Å². The Morgan fingerprint density at radius 3 is 2.53 bits per heavy atom. The van der Waals surface area contributed by atoms with E-state index in [-0.39, 0.29) is 31.3 Å². The third-order valence-electron chi connectivity index (χ3n) is 2.80. The number of piperidine rings is 1. The van der Waals surface area contributed by atoms with Gasteiger partial charge >= 0.3 is 6.36 Å². The largest absolute Gasteiger partial charge is 0.522 e. The fourth-order valence-corrected chi connectivity index (χ4v) is 2.01. The maximum Gasteiger partial charge on any atom is 0.522 e. The Labute approximate surface area is 97.9 Å². The first kappa shape index (κ1) is 14.2. The summed E-state index contributed by atoms with van der Waals surface area (Å²) < 4.78 is 40.1. The summed E-state index contributed by atoms with van der Waals surface area (Å²) in [7, 11) is 0. The Morgan fingerprint density at radius 1 is 1.53 bits per heavy atom. The van der Waals surface area contributed by atoms with E-state index in [1.807, 2.05) is 0 Å². The molecule has 0 aliphatic carbocycles. The zero-order valence-electron chi connectivity index (χ0n) is 9.83. The maximum atomic E-state index is 12.0. The van der Waals surface area contributed by atoms with Crippen molar-refractivity contribution in [3.05, 3.63) is 0 Å². The molecule has 0 bridgehead atoms. The fraction of sp³-hybridized carbons (Fsp3) is 0.900. The lowest BCUT2D eigenvalue weighted by atomic mass is 10.00. The number of nitrogens with zero attached hydrogens (tertiary/aromatic N) is 1. The van der Waals surface area contributed by atoms with Gasteiger partial charge in [-0.1, -0.05) is 0 Å². The van der Waals surface area contributed by atoms with Crippen LogP contribution in [-0.4, -0.2) is 41.9 Å². The van der Waals surface area contributed by atoms with Gasteiger partial charge in [-0.25, -0.2) is 0 Å². The summed E-state index contributed by atoms with van der Waals surface area (Å²) >= 11 is 0. The minimum Gasteiger partial charge on any atom is -0.338 e. The molecule has 0 aromatic heterocycles. The van der Waals surface area contributed by atoms with Gasteiger partial charge in [0.25, 0.3) is 0 Å². The Kier molecular flexibility index (Phi) is 4.37. The first-order chi connectivity index (χ1) is 7.70. The van der Waals surface area contributed by atoms with Gasteiger partial charge in [-0.2, -0.15) is 0 Å². The molecule has 3 atom stereocenters. The molecule has 0 radical (unpaired) electrons. The lowest BCUT2D eigenvalue weighted by Crippen LogP contribution is -2.52. The van der Waals surface area contributed by atoms with Crippen molar-refractivity contribution in [3.63, 3.8) is 0 Å². The molecule has 1 heterocycles. The molecule has 2 N–H and O–H groups in total. The molecule has 1 aliphatic rings. The molecule has 1 rings (SSSR count). The predicted octanol–water partition coefficient (Wildman–Crippen LogP) is 1.25. The highest BCUT2D eigenvalue weighted by atomic mass is 19.4. The second kappa shape index (κ2) is 5.22. The van der Waals surface area contributed by atoms with E-state index >= 15 is 0 Å². The van der Waals surface area contributed by atoms with Crippen molar-refractivity contribution in [2.45, 2.75) is 51.2 Å². The van der Waals surface area contributed by atoms with E-state index < -0.39 is 18.5 Å². The van der Waals surface area contributed by atoms with Crippen LogP contribution in [0.15, 0.2) is 0 Å². The molecule has 0 aromatic carbocycles. The smallest absolute Gasteiger partial charge is 0.338 e. The Balaban J connectivity index is 2.53. The molecule has 17 heavy (non-hydrogen) atoms. The monoisotopic (exact) mass is 254 g/mol. The molecule has 0 unspecified atom stereocenters. The number of carbonyl (C=O) groups excluding carboxylic acids is 1. The fourth-order valence-electron chi connectivity index (χ4n) is 2.01. The summed E-state index contributed by atoms with van der Waals surface area (Å²) in [4.78, 5) is 13.2. The highest BCUT2D eigenvalue weighted by Crippen LogP contribution is 2.27. The summed E-state index contributed by atoms with van der Waals surface area (Å²) in [5, 5.41) is 0. The minimum atomic E-state index is -4.61. The molecule has 100 valence electrons. The number of alkyl halides is 3. The van der Waals surface area contributed by atoms with E-state index in [0.29, 0.717) is 0 Å². The first-order valence-corrected chi connectivity index (χ1v) is 5.51. The third kappa shape index (κ3) is 4.16. The summed E-state index contributed by atoms with van der Waals surface area (Å²) in [5.41, 5.74) is 5.46. The van der Waals surface area contributed by atoms with Crippen LogP contribution in [0, 0.1) is 0 Å². The highest BCUT2D eigenvalue weighted by molar-refractivity contribution is 5.81. The third-order valence-corrected chi connectivity index (χ3v) is 2.80. The highest BCUT2D eigenvalue weighted by Gasteiger charge is 2.38. The van der Waals surface area contributed by atoms with Crippen molar-refractivity contribution < 1.29 is 22.7 Å². The molecule has 0 saturated carbocycles. The van der Waals surface area contributed by atoms with Crippen molar-refractivity contribution in [3.8, 4) is 0 Å². The number of nitrogens with two attached hydrogens (primary N) is 1. The average Bonchev–Trinajstić information content (AvgIpc) is 2.14. The number of halogens is 3. The maximum absolute atomic E-state index is 12.0. The molecule has 4 nitrogen and oxygen atoms in total. The van der Waals surface area contributed by atoms with E-state index in [0.717, 1.165) is 0 Å². The Morgan fingerprint density at radius 2 is 2.12 bits per heavy atom. The Hall–Kier alpha value is -0.820. The lowest BCUT2D eigenvalue weighted by molar-refractivity contribution is -0.346. The molecule has 0 spiro atoms. The summed E-state index contributed by atoms with van der Waals surface area (Å²) in [6.07, 6.45) is -5.13. The van der Waals surface area contributed by atoms with Gasteiger partial charge in [0, 0.05) is 12.6 Å². The van der Waals surface area contributed by atoms with Crippen LogP contribution in [0.5, 0.6) is 0 Å². The Bertz CT molecular complexity index is 281. The zero-order valence-corrected chi connectivity index (χ0v) is 9.83. The van der Waals surface area contributed by atoms with Crippen LogP contribution in [0.1, 0.15) is 26.7 Å². The number of hydrogen-bond acceptors (Lipinski definition) is 3. The standard InChI is InChI=1S/C10H17F3N2O2/c1-6-5-8(17-10(11,12)13)3-4-15(6)9(16)7(2)14/h6-8H,3-5,14H2,1-2H3/t6-,7+,8+/m0/s1. The predicted molar refractivity (Wildman–Crippen MR) is 55.0 cm³/mol. The first-order valence-electron chi connectivity index (χ1n) is 5.51. The van der Waals surface area contributed by atoms with Crippen LogP contribution in [0.25, 0.3) is 0 Å². The zero-order chi connectivity index (χ0) is 13.2. The van der Waals surface area contributed by atoms with Crippen molar-refractivity contribution in [2.75, 3.05) is 6.54 Å². The number of amides is 1. The minimum absolute atomic E-state index is 0.179. The average molecular weight is 254 g/mol. The van der Waals surface area contributed by atoms with Gasteiger partial charge in [0.15, 0.2) is 0 Å². The quantitative estimate of drug-likeness (QED) is 0.807. The normalized spacial score (nSPS) is 28.0. The molecule has 1 aliphatic heterocycles. The molecule has 7 heteroatoms. The molecule has 0 aromatic rings. The van der Waals surface area contributed by atoms with Crippen LogP contribution in [0.2, 0.25) is 0 Å². The van der Waals surface area contributed by atoms with E-state index in [4.69, 9.17) is 5.73 Å². The van der Waals surface area contributed by atoms with Crippen LogP contribution < -0.4 is 5.73 Å². The van der Waals surface area contributed by atoms with Crippen molar-refractivity contribution in [2.24, 2.45) is 5.73 Å². The molecule has 1 saturated heterocycles. The number of likely N-dealkylation sites (tertiary alicyclic amines) is 1. The van der Waals surface area contributed by atoms with Gasteiger partial charge in [0.1, 0.15) is 0 Å². The van der Waals surface area contributed by atoms with Gasteiger partial charge < -0.3 is 10.6 Å². The number of ether oxygens (including phenoxy) is 1. The van der Waals surface area contributed by atoms with Gasteiger partial charge in [-0.05, 0) is 26.7 Å². The van der Waals surface area contributed by atoms with Gasteiger partial charge in [0.2, 0.25) is 5.91 Å².